The Balaban J connectivity index is 1.21. The Hall–Kier alpha value is -1.54. The number of carbonyl (C=O) groups excluding carboxylic acids is 2. The highest BCUT2D eigenvalue weighted by atomic mass is 16.6. The molecule has 0 aromatic rings. The largest absolute Gasteiger partial charge is 0.458 e. The number of epoxide rings is 2. The molecule has 0 aromatic heterocycles. The summed E-state index contributed by atoms with van der Waals surface area (Å²) in [5.41, 5.74) is -0.532. The molecule has 7 aliphatic rings. The van der Waals surface area contributed by atoms with Gasteiger partial charge in [0.15, 0.2) is 5.78 Å². The predicted molar refractivity (Wildman–Crippen MR) is 124 cm³/mol. The SMILES string of the molecule is CC1=C(CO)C(=O)O[C@@H]([C@@H](C)[C@H]2C[C@@H]3O[C@@]34[C@@H]3C[C@H]5O[C@]56[C@@H](O)C=CC(=O)[C@]6(C)[C@H]3CC[C@]24C)C1. The van der Waals surface area contributed by atoms with E-state index in [2.05, 4.69) is 13.8 Å². The van der Waals surface area contributed by atoms with Crippen LogP contribution in [0.2, 0.25) is 0 Å². The van der Waals surface area contributed by atoms with Crippen molar-refractivity contribution in [3.8, 4) is 0 Å². The number of esters is 1. The number of allylic oxidation sites excluding steroid dienone is 1. The molecule has 7 rings (SSSR count). The minimum Gasteiger partial charge on any atom is -0.458 e. The van der Waals surface area contributed by atoms with E-state index in [1.54, 1.807) is 12.2 Å². The van der Waals surface area contributed by atoms with E-state index in [0.717, 1.165) is 31.3 Å². The normalized spacial score (nSPS) is 56.3. The molecule has 0 unspecified atom stereocenters. The van der Waals surface area contributed by atoms with Crippen LogP contribution in [0.15, 0.2) is 23.3 Å². The van der Waals surface area contributed by atoms with Gasteiger partial charge in [-0.3, -0.25) is 4.79 Å². The first-order valence-corrected chi connectivity index (χ1v) is 13.3. The van der Waals surface area contributed by atoms with E-state index in [1.165, 1.54) is 0 Å². The average molecular weight is 485 g/mol. The third kappa shape index (κ3) is 2.34. The lowest BCUT2D eigenvalue weighted by atomic mass is 9.43. The molecule has 2 N–H and O–H groups in total. The molecule has 2 saturated heterocycles. The average Bonchev–Trinajstić information content (AvgIpc) is 3.70. The molecule has 7 heteroatoms. The van der Waals surface area contributed by atoms with Crippen molar-refractivity contribution in [2.24, 2.45) is 34.5 Å². The topological polar surface area (TPSA) is 109 Å². The Morgan fingerprint density at radius 3 is 2.54 bits per heavy atom. The summed E-state index contributed by atoms with van der Waals surface area (Å²) < 4.78 is 18.7. The van der Waals surface area contributed by atoms with Crippen LogP contribution in [0.25, 0.3) is 0 Å². The van der Waals surface area contributed by atoms with Gasteiger partial charge in [0.25, 0.3) is 0 Å². The maximum Gasteiger partial charge on any atom is 0.336 e. The second-order valence-electron chi connectivity index (χ2n) is 12.8. The van der Waals surface area contributed by atoms with Gasteiger partial charge in [-0.1, -0.05) is 19.4 Å². The van der Waals surface area contributed by atoms with Crippen LogP contribution >= 0.6 is 0 Å². The summed E-state index contributed by atoms with van der Waals surface area (Å²) in [5.74, 6) is 0.534. The van der Waals surface area contributed by atoms with Gasteiger partial charge < -0.3 is 24.4 Å². The lowest BCUT2D eigenvalue weighted by Gasteiger charge is -2.58. The molecule has 0 amide bonds. The van der Waals surface area contributed by atoms with Crippen molar-refractivity contribution in [2.75, 3.05) is 6.61 Å². The van der Waals surface area contributed by atoms with E-state index in [1.807, 2.05) is 13.8 Å². The molecular weight excluding hydrogens is 448 g/mol. The lowest BCUT2D eigenvalue weighted by Crippen LogP contribution is -2.66. The molecule has 5 fully saturated rings. The second-order valence-corrected chi connectivity index (χ2v) is 12.8. The van der Waals surface area contributed by atoms with Gasteiger partial charge in [0, 0.05) is 11.8 Å². The Labute approximate surface area is 205 Å². The van der Waals surface area contributed by atoms with Crippen LogP contribution in [0, 0.1) is 34.5 Å². The van der Waals surface area contributed by atoms with Gasteiger partial charge in [0.1, 0.15) is 23.4 Å². The standard InChI is InChI=1S/C28H36O7/c1-13-9-19(33-24(32)15(13)12-29)14(2)17-10-22-27(34-22)18-11-23-28(35-23)21(31)6-5-20(30)26(28,4)16(18)7-8-25(17,27)3/h5-6,14,16-19,21-23,29,31H,7-12H2,1-4H3/t14-,16-,17+,18+,19+,21-,22-,23+,25+,26-,27-,28+/m0/s1. The summed E-state index contributed by atoms with van der Waals surface area (Å²) in [6, 6.07) is 0. The van der Waals surface area contributed by atoms with Crippen molar-refractivity contribution in [1.29, 1.82) is 0 Å². The smallest absolute Gasteiger partial charge is 0.336 e. The van der Waals surface area contributed by atoms with Gasteiger partial charge in [0.05, 0.1) is 29.8 Å². The fraction of sp³-hybridized carbons (Fsp3) is 0.786. The number of rotatable bonds is 3. The molecule has 3 saturated carbocycles. The summed E-state index contributed by atoms with van der Waals surface area (Å²) in [6.45, 7) is 8.24. The molecule has 7 nitrogen and oxygen atoms in total. The fourth-order valence-corrected chi connectivity index (χ4v) is 10.1. The van der Waals surface area contributed by atoms with E-state index in [0.29, 0.717) is 17.9 Å². The van der Waals surface area contributed by atoms with Gasteiger partial charge >= 0.3 is 5.97 Å². The predicted octanol–water partition coefficient (Wildman–Crippen LogP) is 2.48. The highest BCUT2D eigenvalue weighted by Crippen LogP contribution is 2.79. The maximum absolute atomic E-state index is 13.4. The zero-order chi connectivity index (χ0) is 24.7. The van der Waals surface area contributed by atoms with Crippen LogP contribution in [-0.2, 0) is 23.8 Å². The van der Waals surface area contributed by atoms with Crippen molar-refractivity contribution in [1.82, 2.24) is 0 Å². The van der Waals surface area contributed by atoms with Crippen LogP contribution in [0.3, 0.4) is 0 Å². The Kier molecular flexibility index (Phi) is 4.31. The molecule has 3 heterocycles. The molecule has 0 bridgehead atoms. The summed E-state index contributed by atoms with van der Waals surface area (Å²) in [4.78, 5) is 25.9. The number of ketones is 1. The number of hydrogen-bond donors (Lipinski definition) is 2. The van der Waals surface area contributed by atoms with E-state index in [9.17, 15) is 19.8 Å². The van der Waals surface area contributed by atoms with Gasteiger partial charge in [-0.05, 0) is 75.4 Å². The quantitative estimate of drug-likeness (QED) is 0.468. The third-order valence-corrected chi connectivity index (χ3v) is 12.0. The number of aliphatic hydroxyl groups is 2. The highest BCUT2D eigenvalue weighted by Gasteiger charge is 2.87. The summed E-state index contributed by atoms with van der Waals surface area (Å²) in [6.07, 6.45) is 6.57. The fourth-order valence-electron chi connectivity index (χ4n) is 10.1. The molecule has 4 aliphatic carbocycles. The molecule has 0 aromatic carbocycles. The summed E-state index contributed by atoms with van der Waals surface area (Å²) >= 11 is 0. The minimum absolute atomic E-state index is 0.0725. The summed E-state index contributed by atoms with van der Waals surface area (Å²) in [5, 5.41) is 20.4. The van der Waals surface area contributed by atoms with Crippen LogP contribution in [0.5, 0.6) is 0 Å². The Bertz CT molecular complexity index is 1090. The molecule has 2 spiro atoms. The van der Waals surface area contributed by atoms with Gasteiger partial charge in [-0.2, -0.15) is 0 Å². The number of carbonyl (C=O) groups is 2. The monoisotopic (exact) mass is 484 g/mol. The molecule has 12 atom stereocenters. The van der Waals surface area contributed by atoms with Crippen molar-refractivity contribution in [2.45, 2.75) is 95.4 Å². The summed E-state index contributed by atoms with van der Waals surface area (Å²) in [7, 11) is 0. The Morgan fingerprint density at radius 2 is 1.83 bits per heavy atom. The van der Waals surface area contributed by atoms with Crippen molar-refractivity contribution in [3.05, 3.63) is 23.3 Å². The molecule has 35 heavy (non-hydrogen) atoms. The molecular formula is C28H36O7. The van der Waals surface area contributed by atoms with Crippen molar-refractivity contribution >= 4 is 11.8 Å². The van der Waals surface area contributed by atoms with Gasteiger partial charge in [-0.15, -0.1) is 0 Å². The van der Waals surface area contributed by atoms with Gasteiger partial charge in [0.2, 0.25) is 0 Å². The number of hydrogen-bond acceptors (Lipinski definition) is 7. The van der Waals surface area contributed by atoms with E-state index < -0.39 is 17.1 Å². The molecule has 0 radical (unpaired) electrons. The van der Waals surface area contributed by atoms with Gasteiger partial charge in [-0.25, -0.2) is 4.79 Å². The Morgan fingerprint density at radius 1 is 1.11 bits per heavy atom. The minimum atomic E-state index is -0.773. The van der Waals surface area contributed by atoms with Crippen LogP contribution in [0.1, 0.15) is 59.8 Å². The second kappa shape index (κ2) is 6.66. The number of fused-ring (bicyclic) bond motifs is 2. The van der Waals surface area contributed by atoms with E-state index >= 15 is 0 Å². The lowest BCUT2D eigenvalue weighted by molar-refractivity contribution is -0.163. The molecule has 190 valence electrons. The number of ether oxygens (including phenoxy) is 3. The third-order valence-electron chi connectivity index (χ3n) is 12.0. The first kappa shape index (κ1) is 22.6. The van der Waals surface area contributed by atoms with Crippen molar-refractivity contribution < 1.29 is 34.0 Å². The first-order chi connectivity index (χ1) is 16.6. The van der Waals surface area contributed by atoms with Crippen LogP contribution < -0.4 is 0 Å². The maximum atomic E-state index is 13.4. The number of cyclic esters (lactones) is 1. The number of aliphatic hydroxyl groups excluding tert-OH is 2. The van der Waals surface area contributed by atoms with Crippen molar-refractivity contribution in [3.63, 3.8) is 0 Å². The van der Waals surface area contributed by atoms with E-state index in [-0.39, 0.29) is 65.4 Å². The van der Waals surface area contributed by atoms with Crippen LogP contribution in [-0.4, -0.2) is 64.2 Å². The zero-order valence-corrected chi connectivity index (χ0v) is 21.0. The highest BCUT2D eigenvalue weighted by molar-refractivity contribution is 5.98. The first-order valence-electron chi connectivity index (χ1n) is 13.3. The zero-order valence-electron chi connectivity index (χ0n) is 21.0. The van der Waals surface area contributed by atoms with Crippen LogP contribution in [0.4, 0.5) is 0 Å². The van der Waals surface area contributed by atoms with E-state index in [4.69, 9.17) is 14.2 Å². The molecule has 3 aliphatic heterocycles.